The molecule has 18 nitrogen and oxygen atoms in total. The third-order valence-electron chi connectivity index (χ3n) is 8.89. The molecule has 5 heterocycles. The van der Waals surface area contributed by atoms with Crippen LogP contribution in [0.5, 0.6) is 0 Å². The predicted molar refractivity (Wildman–Crippen MR) is 226 cm³/mol. The largest absolute Gasteiger partial charge is 1.00 e. The maximum atomic E-state index is 11.9. The van der Waals surface area contributed by atoms with Crippen molar-refractivity contribution >= 4 is 57.1 Å². The van der Waals surface area contributed by atoms with Gasteiger partial charge in [0, 0.05) is 53.9 Å². The summed E-state index contributed by atoms with van der Waals surface area (Å²) in [5, 5.41) is 5.64. The number of amidine groups is 1. The Kier molecular flexibility index (Phi) is 23.1. The molecule has 6 amide bonds. The Morgan fingerprint density at radius 1 is 0.790 bits per heavy atom. The molecule has 5 unspecified atom stereocenters. The first-order valence-electron chi connectivity index (χ1n) is 18.8. The standard InChI is InChI=1S/C21H30N2O6.C10H7NO5S.C5H10N2.C5H5NO.CH4.Na/c1-14-6-7-19(24)22(14)17(4)18(5)29-13-16(3)28-11-10-27-12-15(2)23-20(25)8-9-21(23)26;12-9-5-6-10(13)11(9)7-1-3-8(4-2-7)17(14,15)16;1-4-3-6-5(2)7-4;1-4-2-3-5(7)6-4;;/h6-9,15-18H,1,10-13H2,2-5H3;1-6H,(H,14,15,16);4H,3H2,1-2H3,(H,6,7);2-3H,1H2,(H,6,7);1H4;/q;;;;;+1/p-1. The fourth-order valence-electron chi connectivity index (χ4n) is 5.66. The first-order valence-corrected chi connectivity index (χ1v) is 20.2. The Bertz CT molecular complexity index is 2010. The summed E-state index contributed by atoms with van der Waals surface area (Å²) in [6.45, 7) is 21.3. The van der Waals surface area contributed by atoms with Gasteiger partial charge < -0.3 is 34.3 Å². The van der Waals surface area contributed by atoms with Crippen molar-refractivity contribution in [3.63, 3.8) is 0 Å². The Morgan fingerprint density at radius 2 is 1.34 bits per heavy atom. The van der Waals surface area contributed by atoms with Gasteiger partial charge in [-0.2, -0.15) is 0 Å². The Morgan fingerprint density at radius 3 is 1.76 bits per heavy atom. The van der Waals surface area contributed by atoms with Gasteiger partial charge in [-0.1, -0.05) is 20.6 Å². The van der Waals surface area contributed by atoms with Crippen LogP contribution < -0.4 is 45.1 Å². The minimum Gasteiger partial charge on any atom is -0.744 e. The monoisotopic (exact) mass is 890 g/mol. The van der Waals surface area contributed by atoms with E-state index in [9.17, 15) is 41.7 Å². The first-order chi connectivity index (χ1) is 28.2. The zero-order chi connectivity index (χ0) is 44.7. The van der Waals surface area contributed by atoms with Gasteiger partial charge in [0.05, 0.1) is 73.7 Å². The molecule has 0 aromatic heterocycles. The summed E-state index contributed by atoms with van der Waals surface area (Å²) >= 11 is 0. The van der Waals surface area contributed by atoms with Gasteiger partial charge in [-0.05, 0) is 78.0 Å². The number of anilines is 1. The summed E-state index contributed by atoms with van der Waals surface area (Å²) in [4.78, 5) is 75.3. The van der Waals surface area contributed by atoms with E-state index in [2.05, 4.69) is 35.7 Å². The van der Waals surface area contributed by atoms with Crippen LogP contribution in [0.15, 0.2) is 107 Å². The summed E-state index contributed by atoms with van der Waals surface area (Å²) in [6.07, 6.45) is 10.7. The van der Waals surface area contributed by atoms with Crippen LogP contribution in [0.25, 0.3) is 0 Å². The Labute approximate surface area is 385 Å². The molecule has 1 aromatic rings. The van der Waals surface area contributed by atoms with E-state index >= 15 is 0 Å². The molecule has 0 bridgehead atoms. The molecule has 5 aliphatic heterocycles. The predicted octanol–water partition coefficient (Wildman–Crippen LogP) is -0.330. The number of carbonyl (C=O) groups is 6. The van der Waals surface area contributed by atoms with Gasteiger partial charge in [0.1, 0.15) is 10.1 Å². The van der Waals surface area contributed by atoms with Crippen molar-refractivity contribution in [3.05, 3.63) is 97.4 Å². The maximum Gasteiger partial charge on any atom is 1.00 e. The molecule has 332 valence electrons. The summed E-state index contributed by atoms with van der Waals surface area (Å²) in [5.41, 5.74) is 1.56. The van der Waals surface area contributed by atoms with Crippen molar-refractivity contribution in [2.24, 2.45) is 4.99 Å². The van der Waals surface area contributed by atoms with E-state index in [1.54, 1.807) is 24.0 Å². The second-order valence-electron chi connectivity index (χ2n) is 13.9. The molecular weight excluding hydrogens is 836 g/mol. The van der Waals surface area contributed by atoms with Gasteiger partial charge >= 0.3 is 29.6 Å². The number of carbonyl (C=O) groups excluding carboxylic acids is 6. The Balaban J connectivity index is 0.000000485. The van der Waals surface area contributed by atoms with Gasteiger partial charge in [-0.25, -0.2) is 13.3 Å². The number of benzene rings is 1. The molecule has 0 saturated carbocycles. The average Bonchev–Trinajstić information content (AvgIpc) is 4.01. The van der Waals surface area contributed by atoms with Crippen molar-refractivity contribution in [3.8, 4) is 0 Å². The van der Waals surface area contributed by atoms with Crippen LogP contribution in [0.4, 0.5) is 5.69 Å². The van der Waals surface area contributed by atoms with Crippen LogP contribution >= 0.6 is 0 Å². The average molecular weight is 891 g/mol. The summed E-state index contributed by atoms with van der Waals surface area (Å²) in [5.74, 6) is -0.724. The number of hydrogen-bond acceptors (Lipinski definition) is 14. The third kappa shape index (κ3) is 17.1. The maximum absolute atomic E-state index is 11.9. The number of amides is 6. The van der Waals surface area contributed by atoms with E-state index in [4.69, 9.17) is 14.2 Å². The number of aliphatic imine (C=N–C) groups is 1. The molecule has 62 heavy (non-hydrogen) atoms. The quantitative estimate of drug-likeness (QED) is 0.106. The van der Waals surface area contributed by atoms with E-state index in [0.717, 1.165) is 41.6 Å². The van der Waals surface area contributed by atoms with Crippen molar-refractivity contribution in [1.29, 1.82) is 0 Å². The van der Waals surface area contributed by atoms with Crippen LogP contribution in [-0.4, -0.2) is 127 Å². The summed E-state index contributed by atoms with van der Waals surface area (Å²) in [7, 11) is -4.52. The van der Waals surface area contributed by atoms with Gasteiger partial charge in [0.25, 0.3) is 29.5 Å². The number of ether oxygens (including phenoxy) is 3. The van der Waals surface area contributed by atoms with Crippen molar-refractivity contribution < 1.29 is 85.5 Å². The number of allylic oxidation sites excluding steroid dienone is 2. The summed E-state index contributed by atoms with van der Waals surface area (Å²) in [6, 6.07) is 4.67. The SMILES string of the molecule is C.C=C1C=CC(=O)N1.C=C1C=CC(=O)N1C(C)C(C)OCC(C)OCCOCC(C)N1C(=O)C=CC1=O.CC1=NCC(C)N1.O=C1C=CC(=O)N1c1ccc(S(=O)(=O)[O-])cc1.[Na+]. The van der Waals surface area contributed by atoms with Gasteiger partial charge in [-0.3, -0.25) is 38.7 Å². The van der Waals surface area contributed by atoms with Crippen molar-refractivity contribution in [1.82, 2.24) is 20.4 Å². The van der Waals surface area contributed by atoms with E-state index in [0.29, 0.717) is 37.3 Å². The molecule has 2 N–H and O–H groups in total. The molecule has 0 fully saturated rings. The number of nitrogens with one attached hydrogen (secondary N) is 2. The molecule has 5 atom stereocenters. The normalized spacial score (nSPS) is 19.3. The van der Waals surface area contributed by atoms with E-state index in [1.165, 1.54) is 41.3 Å². The smallest absolute Gasteiger partial charge is 0.744 e. The molecule has 20 heteroatoms. The van der Waals surface area contributed by atoms with E-state index < -0.39 is 26.8 Å². The zero-order valence-corrected chi connectivity index (χ0v) is 38.2. The topological polar surface area (TPSA) is 233 Å². The minimum absolute atomic E-state index is 0. The van der Waals surface area contributed by atoms with Gasteiger partial charge in [0.2, 0.25) is 5.91 Å². The van der Waals surface area contributed by atoms with Gasteiger partial charge in [-0.15, -0.1) is 0 Å². The van der Waals surface area contributed by atoms with Crippen LogP contribution in [-0.2, 0) is 53.1 Å². The van der Waals surface area contributed by atoms with Crippen molar-refractivity contribution in [2.45, 2.75) is 84.2 Å². The number of rotatable bonds is 14. The number of imide groups is 2. The third-order valence-corrected chi connectivity index (χ3v) is 9.74. The number of nitrogens with zero attached hydrogens (tertiary/aromatic N) is 4. The molecule has 0 radical (unpaired) electrons. The van der Waals surface area contributed by atoms with Gasteiger partial charge in [0.15, 0.2) is 0 Å². The minimum atomic E-state index is -4.52. The van der Waals surface area contributed by atoms with Crippen LogP contribution in [0.3, 0.4) is 0 Å². The first kappa shape index (κ1) is 55.2. The molecule has 5 aliphatic rings. The zero-order valence-electron chi connectivity index (χ0n) is 35.4. The van der Waals surface area contributed by atoms with E-state index in [-0.39, 0.29) is 97.2 Å². The van der Waals surface area contributed by atoms with Crippen LogP contribution in [0.1, 0.15) is 49.0 Å². The van der Waals surface area contributed by atoms with Crippen LogP contribution in [0, 0.1) is 0 Å². The molecule has 0 saturated heterocycles. The summed E-state index contributed by atoms with van der Waals surface area (Å²) < 4.78 is 49.1. The Hall–Kier alpha value is -4.86. The van der Waals surface area contributed by atoms with Crippen LogP contribution in [0.2, 0.25) is 0 Å². The second kappa shape index (κ2) is 25.9. The molecule has 6 rings (SSSR count). The molecule has 1 aromatic carbocycles. The number of hydrogen-bond donors (Lipinski definition) is 2. The molecule has 0 aliphatic carbocycles. The second-order valence-corrected chi connectivity index (χ2v) is 15.3. The van der Waals surface area contributed by atoms with E-state index in [1.807, 2.05) is 27.7 Å². The fraction of sp³-hybridized carbons (Fsp3) is 0.405. The van der Waals surface area contributed by atoms with Crippen molar-refractivity contribution in [2.75, 3.05) is 37.9 Å². The fourth-order valence-corrected chi connectivity index (χ4v) is 6.12. The molecular formula is C42H55N6NaO12S. The molecule has 0 spiro atoms.